The van der Waals surface area contributed by atoms with E-state index in [4.69, 9.17) is 0 Å². The number of carbonyl (C=O) groups is 15. The van der Waals surface area contributed by atoms with Gasteiger partial charge in [-0.05, 0) is 183 Å². The molecule has 10 fully saturated rings. The number of sulfone groups is 1. The first-order chi connectivity index (χ1) is 69.7. The lowest BCUT2D eigenvalue weighted by atomic mass is 9.80. The van der Waals surface area contributed by atoms with Crippen molar-refractivity contribution in [2.75, 3.05) is 78.5 Å². The van der Waals surface area contributed by atoms with Gasteiger partial charge in [-0.3, -0.25) is 57.5 Å². The third-order valence-corrected chi connectivity index (χ3v) is 39.8. The number of hydrogen-bond donors (Lipinski definition) is 12. The summed E-state index contributed by atoms with van der Waals surface area (Å²) in [5.41, 5.74) is -4.29. The average Bonchev–Trinajstić information content (AvgIpc) is 1.61. The molecule has 0 aromatic carbocycles. The molecule has 3 unspecified atom stereocenters. The van der Waals surface area contributed by atoms with Crippen LogP contribution in [0.2, 0.25) is 0 Å². The van der Waals surface area contributed by atoms with Crippen molar-refractivity contribution in [3.05, 3.63) is 55.5 Å². The van der Waals surface area contributed by atoms with Gasteiger partial charge in [0.15, 0.2) is 9.84 Å². The molecule has 0 bridgehead atoms. The molecule has 844 valence electrons. The van der Waals surface area contributed by atoms with Gasteiger partial charge < -0.3 is 78.5 Å². The van der Waals surface area contributed by atoms with E-state index >= 15 is 0 Å². The van der Waals surface area contributed by atoms with E-state index in [0.717, 1.165) is 152 Å². The molecule has 10 aliphatic rings. The largest absolute Gasteiger partial charge is 0.346 e. The van der Waals surface area contributed by atoms with E-state index in [1.54, 1.807) is 46.9 Å². The number of nitrogens with zero attached hydrogens (tertiary/aromatic N) is 5. The zero-order chi connectivity index (χ0) is 112. The van der Waals surface area contributed by atoms with Gasteiger partial charge in [-0.15, -0.1) is 31.1 Å². The van der Waals surface area contributed by atoms with Crippen molar-refractivity contribution in [3.8, 4) is 0 Å². The van der Waals surface area contributed by atoms with Crippen LogP contribution in [0.1, 0.15) is 292 Å². The summed E-state index contributed by atoms with van der Waals surface area (Å²) in [5, 5.41) is 35.4. The van der Waals surface area contributed by atoms with Crippen LogP contribution in [0, 0.1) is 80.3 Å². The van der Waals surface area contributed by atoms with Gasteiger partial charge in [0.2, 0.25) is 62.8 Å². The third kappa shape index (κ3) is 32.7. The highest BCUT2D eigenvalue weighted by Gasteiger charge is 2.58. The smallest absolute Gasteiger partial charge is 0.315 e. The van der Waals surface area contributed by atoms with Crippen molar-refractivity contribution in [2.45, 2.75) is 373 Å². The predicted molar refractivity (Wildman–Crippen MR) is 577 cm³/mol. The lowest BCUT2D eigenvalue weighted by Gasteiger charge is -2.41. The number of ketones is 3. The number of amides is 15. The first-order valence-electron chi connectivity index (χ1n) is 54.2. The lowest BCUT2D eigenvalue weighted by molar-refractivity contribution is -0.144. The topological polar surface area (TPSA) is 519 Å². The van der Waals surface area contributed by atoms with Crippen molar-refractivity contribution in [1.29, 1.82) is 0 Å². The molecule has 11 rings (SSSR count). The second-order valence-electron chi connectivity index (χ2n) is 50.3. The third-order valence-electron chi connectivity index (χ3n) is 32.6. The Kier molecular flexibility index (Phi) is 42.9. The summed E-state index contributed by atoms with van der Waals surface area (Å²) in [4.78, 5) is 210. The highest BCUT2D eigenvalue weighted by atomic mass is 32.2. The number of rotatable bonds is 42. The van der Waals surface area contributed by atoms with E-state index in [9.17, 15) is 97.2 Å². The van der Waals surface area contributed by atoms with Crippen LogP contribution in [0.15, 0.2) is 59.7 Å². The molecular formula is C108H177N17O21S4. The molecular weight excluding hydrogens is 2000 g/mol. The fourth-order valence-electron chi connectivity index (χ4n) is 22.5. The Morgan fingerprint density at radius 1 is 0.407 bits per heavy atom. The zero-order valence-electron chi connectivity index (χ0n) is 92.8. The van der Waals surface area contributed by atoms with Crippen molar-refractivity contribution < 1.29 is 97.2 Å². The molecule has 150 heavy (non-hydrogen) atoms. The maximum atomic E-state index is 14.6. The minimum atomic E-state index is -3.77. The normalized spacial score (nSPS) is 23.6. The Hall–Kier alpha value is -9.26. The molecule has 7 aliphatic carbocycles. The molecule has 17 atom stereocenters. The van der Waals surface area contributed by atoms with E-state index in [0.29, 0.717) is 51.7 Å². The molecule has 0 radical (unpaired) electrons. The van der Waals surface area contributed by atoms with Gasteiger partial charge in [0.25, 0.3) is 27.7 Å². The Balaban J connectivity index is 0.000000250. The quantitative estimate of drug-likeness (QED) is 0.0214. The number of Topliss-reactive ketones (excluding diaryl/α,β-unsaturated/α-hetero) is 3. The predicted octanol–water partition coefficient (Wildman–Crippen LogP) is 9.64. The van der Waals surface area contributed by atoms with Crippen LogP contribution in [0.4, 0.5) is 14.4 Å². The highest BCUT2D eigenvalue weighted by molar-refractivity contribution is 7.92. The molecule has 4 heterocycles. The minimum Gasteiger partial charge on any atom is -0.346 e. The van der Waals surface area contributed by atoms with Gasteiger partial charge >= 0.3 is 18.1 Å². The maximum Gasteiger partial charge on any atom is 0.315 e. The van der Waals surface area contributed by atoms with Crippen molar-refractivity contribution in [2.24, 2.45) is 80.3 Å². The number of fused-ring (bicyclic) bond motifs is 3. The van der Waals surface area contributed by atoms with Crippen LogP contribution in [0.3, 0.4) is 0 Å². The minimum absolute atomic E-state index is 0.00459. The van der Waals surface area contributed by atoms with Crippen molar-refractivity contribution in [1.82, 2.24) is 87.1 Å². The summed E-state index contributed by atoms with van der Waals surface area (Å²) in [6.07, 6.45) is 26.5. The molecule has 0 spiro atoms. The summed E-state index contributed by atoms with van der Waals surface area (Å²) in [6, 6.07) is -8.52. The van der Waals surface area contributed by atoms with Gasteiger partial charge in [0.05, 0.1) is 40.4 Å². The van der Waals surface area contributed by atoms with E-state index in [2.05, 4.69) is 83.5 Å². The fourth-order valence-corrected chi connectivity index (χ4v) is 26.8. The van der Waals surface area contributed by atoms with Crippen molar-refractivity contribution >= 4 is 130 Å². The van der Waals surface area contributed by atoms with Crippen LogP contribution in [-0.4, -0.2) is 292 Å². The molecule has 12 N–H and O–H groups in total. The summed E-state index contributed by atoms with van der Waals surface area (Å²) in [5.74, 6) is -6.56. The monoisotopic (exact) mass is 2180 g/mol. The standard InChI is InChI=1S/C37H58N6O7S2.C37H61N5O7S.C34H58N6O7S/c1-9-18-38-33(46)30(44)26(20-23-13-10-14-23)39-32(45)29-25-16-11-15-24(25)21-43(29)34(47)31(37(5,6)7)41-35(48)40-27(36(2,3)4)22-42(8)52(49,50)28-17-12-19-51-28;1-8-20-38-32(45)29(43)27(21-24-14-12-15-24)39-31(44)28-26-17-13-16-25(26)22-42(28)33(46)30(35(2,3)4)40-34(47)41-37(18-10-9-11-19-37)23-50(48,49)36(5,6)7;1-10-17-35-30(43)27(41)24(18-21-13-11-14-21)36-29(42)26-23-16-12-15-22(23)19-40(26)31(44)28(34(5,6)7)38-32(45)37-25(33(2,3)4)20-39(8)48(9,46)47/h9,12,17,19,23-27,29,31H,1,10-11,13-16,18,20-22H2,2-8H3,(H,38,46)(H,39,45)(H2,40,41,48);8,24-28,30H,1,9-23H2,2-7H3,(H,38,45)(H,39,44)(H2,40,41,47);10,21-26,28H,1,11-20H2,2-9H3,(H,35,43)(H,36,42)(H2,37,38,45)/t24-,25-,26?,27+,29-,31+;25-,26-,27?,28-,30+;22-,23-,24?,25+,26-,28+/m000/s1. The van der Waals surface area contributed by atoms with Gasteiger partial charge in [0, 0.05) is 78.5 Å². The summed E-state index contributed by atoms with van der Waals surface area (Å²) in [7, 11) is -7.91. The Labute approximate surface area is 895 Å². The Morgan fingerprint density at radius 2 is 0.713 bits per heavy atom. The van der Waals surface area contributed by atoms with Crippen LogP contribution in [0.5, 0.6) is 0 Å². The summed E-state index contributed by atoms with van der Waals surface area (Å²) >= 11 is 1.12. The number of likely N-dealkylation sites (tertiary alicyclic amines) is 3. The number of hydrogen-bond acceptors (Lipinski definition) is 22. The number of thiophene rings is 1. The number of likely N-dealkylation sites (N-methyl/N-ethyl adjacent to an activating group) is 2. The summed E-state index contributed by atoms with van der Waals surface area (Å²) in [6.45, 7) is 45.0. The second kappa shape index (κ2) is 51.9. The van der Waals surface area contributed by atoms with Crippen LogP contribution < -0.4 is 63.8 Å². The SMILES string of the molecule is C=CCNC(=O)C(=O)C(CC1CCC1)NC(=O)[C@@H]1[C@H]2CCC[C@H]2CN1C(=O)[C@@H](NC(=O)NC1(CS(=O)(=O)C(C)(C)C)CCCCC1)C(C)(C)C.C=CCNC(=O)C(=O)C(CC1CCC1)NC(=O)[C@@H]1[C@H]2CCC[C@H]2CN1C(=O)[C@@H](NC(=O)N[C@H](CN(C)S(=O)(=O)c1cccs1)C(C)(C)C)C(C)(C)C.C=CCNC(=O)C(=O)C(CC1CCC1)NC(=O)[C@@H]1[C@H]2CCC[C@H]2CN1C(=O)[C@@H](NC(=O)N[C@H](CN(C)S(C)(=O)=O)C(C)(C)C)C(C)(C)C. The van der Waals surface area contributed by atoms with Gasteiger partial charge in [-0.1, -0.05) is 224 Å². The number of nitrogens with one attached hydrogen (secondary N) is 12. The van der Waals surface area contributed by atoms with Gasteiger partial charge in [-0.25, -0.2) is 43.9 Å². The van der Waals surface area contributed by atoms with Crippen LogP contribution in [-0.2, 0) is 87.4 Å². The van der Waals surface area contributed by atoms with E-state index < -0.39 is 222 Å². The first kappa shape index (κ1) is 124. The van der Waals surface area contributed by atoms with E-state index in [1.165, 1.54) is 47.0 Å². The molecule has 42 heteroatoms. The van der Waals surface area contributed by atoms with Gasteiger partial charge in [0.1, 0.15) is 40.5 Å². The maximum absolute atomic E-state index is 14.6. The van der Waals surface area contributed by atoms with E-state index in [1.807, 2.05) is 104 Å². The first-order valence-corrected chi connectivity index (χ1v) is 60.0. The van der Waals surface area contributed by atoms with Crippen LogP contribution >= 0.6 is 11.3 Å². The van der Waals surface area contributed by atoms with Crippen molar-refractivity contribution in [3.63, 3.8) is 0 Å². The molecule has 15 amide bonds. The zero-order valence-corrected chi connectivity index (χ0v) is 96.1. The molecule has 1 aromatic heterocycles. The fraction of sp³-hybridized carbons (Fsp3) is 0.769. The lowest BCUT2D eigenvalue weighted by Crippen LogP contribution is -2.64. The number of urea groups is 3. The molecule has 1 aromatic rings. The molecule has 3 saturated heterocycles. The second-order valence-corrected chi connectivity index (χ2v) is 58.3. The van der Waals surface area contributed by atoms with Crippen LogP contribution in [0.25, 0.3) is 0 Å². The molecule has 7 saturated carbocycles. The van der Waals surface area contributed by atoms with E-state index in [-0.39, 0.29) is 95.9 Å². The Morgan fingerprint density at radius 3 is 0.980 bits per heavy atom. The number of sulfonamides is 2. The molecule has 38 nitrogen and oxygen atoms in total. The summed E-state index contributed by atoms with van der Waals surface area (Å²) < 4.78 is 78.9. The molecule has 3 aliphatic heterocycles. The number of carbonyl (C=O) groups excluding carboxylic acids is 15. The Bertz CT molecular complexity index is 5340. The average molecular weight is 2180 g/mol. The highest BCUT2D eigenvalue weighted by Crippen LogP contribution is 2.48. The van der Waals surface area contributed by atoms with Gasteiger partial charge in [-0.2, -0.15) is 4.31 Å².